The van der Waals surface area contributed by atoms with Crippen LogP contribution < -0.4 is 9.47 Å². The highest BCUT2D eigenvalue weighted by atomic mass is 16.5. The zero-order chi connectivity index (χ0) is 21.6. The van der Waals surface area contributed by atoms with E-state index in [1.807, 2.05) is 54.4 Å². The Bertz CT molecular complexity index is 1050. The molecule has 160 valence electrons. The van der Waals surface area contributed by atoms with Crippen LogP contribution in [0.5, 0.6) is 17.4 Å². The van der Waals surface area contributed by atoms with Crippen molar-refractivity contribution in [2.24, 2.45) is 0 Å². The second-order valence-electron chi connectivity index (χ2n) is 7.81. The molecule has 1 aliphatic carbocycles. The van der Waals surface area contributed by atoms with Crippen molar-refractivity contribution in [2.45, 2.75) is 38.1 Å². The van der Waals surface area contributed by atoms with Crippen molar-refractivity contribution in [3.8, 4) is 28.6 Å². The van der Waals surface area contributed by atoms with Gasteiger partial charge < -0.3 is 14.4 Å². The summed E-state index contributed by atoms with van der Waals surface area (Å²) in [5, 5.41) is 0. The van der Waals surface area contributed by atoms with E-state index in [9.17, 15) is 4.79 Å². The molecule has 3 aromatic rings. The van der Waals surface area contributed by atoms with E-state index in [2.05, 4.69) is 9.97 Å². The van der Waals surface area contributed by atoms with Gasteiger partial charge in [0.2, 0.25) is 5.88 Å². The van der Waals surface area contributed by atoms with Gasteiger partial charge in [-0.15, -0.1) is 0 Å². The van der Waals surface area contributed by atoms with Crippen LogP contribution >= 0.6 is 0 Å². The zero-order valence-electron chi connectivity index (χ0n) is 18.0. The Morgan fingerprint density at radius 2 is 1.74 bits per heavy atom. The van der Waals surface area contributed by atoms with Crippen molar-refractivity contribution >= 4 is 5.91 Å². The number of nitrogens with zero attached hydrogens (tertiary/aromatic N) is 3. The minimum absolute atomic E-state index is 0.0515. The maximum Gasteiger partial charge on any atom is 0.253 e. The Hall–Kier alpha value is -3.41. The molecule has 0 unspecified atom stereocenters. The number of amides is 1. The molecule has 6 heteroatoms. The van der Waals surface area contributed by atoms with E-state index in [1.165, 1.54) is 25.6 Å². The smallest absolute Gasteiger partial charge is 0.253 e. The standard InChI is InChI=1S/C25H27N3O3/c1-28(20-10-4-3-5-11-20)25(29)19-9-6-8-18(14-19)23-16-24(27-17-26-23)31-22-13-7-12-21(15-22)30-2/h6-9,12-17,20H,3-5,10-11H2,1-2H3. The first-order valence-corrected chi connectivity index (χ1v) is 10.7. The molecule has 31 heavy (non-hydrogen) atoms. The van der Waals surface area contributed by atoms with Crippen LogP contribution in [0.1, 0.15) is 42.5 Å². The van der Waals surface area contributed by atoms with Crippen LogP contribution in [-0.4, -0.2) is 41.0 Å². The summed E-state index contributed by atoms with van der Waals surface area (Å²) < 4.78 is 11.1. The fourth-order valence-electron chi connectivity index (χ4n) is 3.99. The normalized spacial score (nSPS) is 14.1. The van der Waals surface area contributed by atoms with Crippen molar-refractivity contribution in [1.82, 2.24) is 14.9 Å². The van der Waals surface area contributed by atoms with E-state index in [0.29, 0.717) is 34.7 Å². The van der Waals surface area contributed by atoms with Crippen LogP contribution in [0, 0.1) is 0 Å². The lowest BCUT2D eigenvalue weighted by molar-refractivity contribution is 0.0696. The van der Waals surface area contributed by atoms with Gasteiger partial charge in [-0.05, 0) is 37.1 Å². The molecule has 4 rings (SSSR count). The van der Waals surface area contributed by atoms with E-state index >= 15 is 0 Å². The van der Waals surface area contributed by atoms with E-state index in [4.69, 9.17) is 9.47 Å². The Kier molecular flexibility index (Phi) is 6.46. The summed E-state index contributed by atoms with van der Waals surface area (Å²) in [4.78, 5) is 23.5. The lowest BCUT2D eigenvalue weighted by atomic mass is 9.94. The summed E-state index contributed by atoms with van der Waals surface area (Å²) in [7, 11) is 3.53. The van der Waals surface area contributed by atoms with Crippen LogP contribution in [0.15, 0.2) is 60.9 Å². The van der Waals surface area contributed by atoms with E-state index in [-0.39, 0.29) is 5.91 Å². The SMILES string of the molecule is COc1cccc(Oc2cc(-c3cccc(C(=O)N(C)C4CCCCC4)c3)ncn2)c1. The van der Waals surface area contributed by atoms with E-state index in [0.717, 1.165) is 18.4 Å². The van der Waals surface area contributed by atoms with Crippen LogP contribution in [0.4, 0.5) is 0 Å². The molecule has 1 amide bonds. The molecule has 0 atom stereocenters. The molecule has 1 fully saturated rings. The van der Waals surface area contributed by atoms with Crippen molar-refractivity contribution in [2.75, 3.05) is 14.2 Å². The predicted octanol–water partition coefficient (Wildman–Crippen LogP) is 5.35. The van der Waals surface area contributed by atoms with E-state index < -0.39 is 0 Å². The van der Waals surface area contributed by atoms with Gasteiger partial charge >= 0.3 is 0 Å². The van der Waals surface area contributed by atoms with Crippen molar-refractivity contribution < 1.29 is 14.3 Å². The number of carbonyl (C=O) groups is 1. The maximum atomic E-state index is 13.1. The second kappa shape index (κ2) is 9.60. The number of hydrogen-bond acceptors (Lipinski definition) is 5. The highest BCUT2D eigenvalue weighted by molar-refractivity contribution is 5.95. The minimum Gasteiger partial charge on any atom is -0.497 e. The van der Waals surface area contributed by atoms with Crippen LogP contribution in [0.3, 0.4) is 0 Å². The molecule has 1 saturated carbocycles. The number of methoxy groups -OCH3 is 1. The Morgan fingerprint density at radius 1 is 0.968 bits per heavy atom. The summed E-state index contributed by atoms with van der Waals surface area (Å²) in [5.41, 5.74) is 2.21. The van der Waals surface area contributed by atoms with Gasteiger partial charge in [0.05, 0.1) is 12.8 Å². The van der Waals surface area contributed by atoms with E-state index in [1.54, 1.807) is 19.2 Å². The Morgan fingerprint density at radius 3 is 2.55 bits per heavy atom. The van der Waals surface area contributed by atoms with Gasteiger partial charge in [-0.25, -0.2) is 9.97 Å². The van der Waals surface area contributed by atoms with Gasteiger partial charge in [-0.3, -0.25) is 4.79 Å². The molecule has 0 bridgehead atoms. The third-order valence-electron chi connectivity index (χ3n) is 5.75. The largest absolute Gasteiger partial charge is 0.497 e. The maximum absolute atomic E-state index is 13.1. The molecule has 1 heterocycles. The molecule has 1 aliphatic rings. The van der Waals surface area contributed by atoms with Crippen LogP contribution in [0.2, 0.25) is 0 Å². The molecule has 0 spiro atoms. The topological polar surface area (TPSA) is 64.6 Å². The molecule has 1 aromatic heterocycles. The summed E-state index contributed by atoms with van der Waals surface area (Å²) in [5.74, 6) is 1.81. The fourth-order valence-corrected chi connectivity index (χ4v) is 3.99. The predicted molar refractivity (Wildman–Crippen MR) is 120 cm³/mol. The summed E-state index contributed by atoms with van der Waals surface area (Å²) in [6, 6.07) is 17.0. The van der Waals surface area contributed by atoms with Gasteiger partial charge in [0, 0.05) is 36.3 Å². The van der Waals surface area contributed by atoms with Crippen molar-refractivity contribution in [1.29, 1.82) is 0 Å². The third kappa shape index (κ3) is 5.02. The van der Waals surface area contributed by atoms with Crippen LogP contribution in [-0.2, 0) is 0 Å². The molecule has 0 radical (unpaired) electrons. The van der Waals surface area contributed by atoms with Crippen molar-refractivity contribution in [3.05, 3.63) is 66.5 Å². The Balaban J connectivity index is 1.53. The first-order valence-electron chi connectivity index (χ1n) is 10.7. The van der Waals surface area contributed by atoms with Crippen LogP contribution in [0.25, 0.3) is 11.3 Å². The minimum atomic E-state index is 0.0515. The number of aromatic nitrogens is 2. The molecule has 0 saturated heterocycles. The lowest BCUT2D eigenvalue weighted by Gasteiger charge is -2.31. The average Bonchev–Trinajstić information content (AvgIpc) is 2.84. The monoisotopic (exact) mass is 417 g/mol. The molecule has 6 nitrogen and oxygen atoms in total. The fraction of sp³-hybridized carbons (Fsp3) is 0.320. The molecular formula is C25H27N3O3. The summed E-state index contributed by atoms with van der Waals surface area (Å²) in [6.07, 6.45) is 7.28. The van der Waals surface area contributed by atoms with Crippen molar-refractivity contribution in [3.63, 3.8) is 0 Å². The lowest BCUT2D eigenvalue weighted by Crippen LogP contribution is -2.38. The second-order valence-corrected chi connectivity index (χ2v) is 7.81. The molecule has 0 N–H and O–H groups in total. The molecule has 0 aliphatic heterocycles. The highest BCUT2D eigenvalue weighted by Crippen LogP contribution is 2.28. The van der Waals surface area contributed by atoms with Gasteiger partial charge in [-0.2, -0.15) is 0 Å². The quantitative estimate of drug-likeness (QED) is 0.541. The number of rotatable bonds is 6. The van der Waals surface area contributed by atoms with Gasteiger partial charge in [0.1, 0.15) is 17.8 Å². The number of ether oxygens (including phenoxy) is 2. The zero-order valence-corrected chi connectivity index (χ0v) is 18.0. The number of hydrogen-bond donors (Lipinski definition) is 0. The first kappa shape index (κ1) is 20.8. The molecule has 2 aromatic carbocycles. The Labute approximate surface area is 182 Å². The highest BCUT2D eigenvalue weighted by Gasteiger charge is 2.23. The van der Waals surface area contributed by atoms with Gasteiger partial charge in [0.25, 0.3) is 5.91 Å². The third-order valence-corrected chi connectivity index (χ3v) is 5.75. The summed E-state index contributed by atoms with van der Waals surface area (Å²) in [6.45, 7) is 0. The number of benzene rings is 2. The molecular weight excluding hydrogens is 390 g/mol. The number of carbonyl (C=O) groups excluding carboxylic acids is 1. The van der Waals surface area contributed by atoms with Gasteiger partial charge in [0.15, 0.2) is 0 Å². The summed E-state index contributed by atoms with van der Waals surface area (Å²) >= 11 is 0. The van der Waals surface area contributed by atoms with Gasteiger partial charge in [-0.1, -0.05) is 37.5 Å². The first-order chi connectivity index (χ1) is 15.1. The average molecular weight is 418 g/mol.